The Morgan fingerprint density at radius 2 is 1.85 bits per heavy atom. The molecule has 1 unspecified atom stereocenters. The summed E-state index contributed by atoms with van der Waals surface area (Å²) in [6, 6.07) is 6.74. The molecular weight excluding hydrogens is 287 g/mol. The maximum Gasteiger partial charge on any atom is 0.324 e. The van der Waals surface area contributed by atoms with Crippen molar-refractivity contribution in [2.24, 2.45) is 0 Å². The third kappa shape index (κ3) is 4.52. The summed E-state index contributed by atoms with van der Waals surface area (Å²) in [4.78, 5) is 2.26. The van der Waals surface area contributed by atoms with Gasteiger partial charge in [-0.25, -0.2) is 0 Å². The van der Waals surface area contributed by atoms with Crippen LogP contribution in [0.25, 0.3) is 0 Å². The third-order valence-electron chi connectivity index (χ3n) is 3.35. The summed E-state index contributed by atoms with van der Waals surface area (Å²) in [5.41, 5.74) is 0.555. The molecule has 20 heavy (non-hydrogen) atoms. The van der Waals surface area contributed by atoms with Crippen molar-refractivity contribution in [1.82, 2.24) is 4.90 Å². The Hall–Kier alpha value is -1.01. The zero-order valence-electron chi connectivity index (χ0n) is 11.3. The van der Waals surface area contributed by atoms with Gasteiger partial charge in [-0.2, -0.15) is 12.7 Å². The second-order valence-electron chi connectivity index (χ2n) is 4.97. The van der Waals surface area contributed by atoms with E-state index in [1.165, 1.54) is 0 Å². The van der Waals surface area contributed by atoms with E-state index in [2.05, 4.69) is 11.9 Å². The first-order chi connectivity index (χ1) is 9.54. The Morgan fingerprint density at radius 1 is 1.25 bits per heavy atom. The van der Waals surface area contributed by atoms with Crippen LogP contribution in [-0.2, 0) is 5.75 Å². The van der Waals surface area contributed by atoms with Crippen LogP contribution in [0, 0.1) is 0 Å². The van der Waals surface area contributed by atoms with Crippen molar-refractivity contribution in [3.8, 4) is 5.75 Å². The molecule has 0 spiro atoms. The number of nitrogens with zero attached hydrogens (tertiary/aromatic N) is 1. The van der Waals surface area contributed by atoms with E-state index in [1.54, 1.807) is 24.3 Å². The Morgan fingerprint density at radius 3 is 2.40 bits per heavy atom. The van der Waals surface area contributed by atoms with Gasteiger partial charge in [-0.05, 0) is 37.6 Å². The van der Waals surface area contributed by atoms with Crippen LogP contribution in [0.5, 0.6) is 5.75 Å². The fourth-order valence-corrected chi connectivity index (χ4v) is 2.75. The second-order valence-corrected chi connectivity index (χ2v) is 6.22. The molecule has 1 aromatic rings. The van der Waals surface area contributed by atoms with E-state index in [9.17, 15) is 12.7 Å². The molecule has 2 nitrogen and oxygen atoms in total. The molecule has 0 N–H and O–H groups in total. The summed E-state index contributed by atoms with van der Waals surface area (Å²) in [6.45, 7) is 2.03. The third-order valence-corrected chi connectivity index (χ3v) is 4.27. The van der Waals surface area contributed by atoms with Crippen LogP contribution >= 0.6 is 10.9 Å². The number of likely N-dealkylation sites (tertiary alicyclic amines) is 1. The first-order valence-electron chi connectivity index (χ1n) is 6.54. The number of piperidine rings is 1. The number of benzene rings is 1. The zero-order valence-corrected chi connectivity index (χ0v) is 12.1. The maximum absolute atomic E-state index is 12.9. The monoisotopic (exact) mass is 305 g/mol. The average Bonchev–Trinajstić information content (AvgIpc) is 2.43. The molecule has 1 aliphatic rings. The highest BCUT2D eigenvalue weighted by atomic mass is 32.2. The summed E-state index contributed by atoms with van der Waals surface area (Å²) in [7, 11) is -0.369. The highest BCUT2D eigenvalue weighted by molar-refractivity contribution is 8.10. The largest absolute Gasteiger partial charge is 0.490 e. The fraction of sp³-hybridized carbons (Fsp3) is 0.500. The van der Waals surface area contributed by atoms with E-state index >= 15 is 0 Å². The lowest BCUT2D eigenvalue weighted by atomic mass is 10.1. The van der Waals surface area contributed by atoms with E-state index in [0.717, 1.165) is 25.9 Å². The standard InChI is InChI=1S/C14H18F3NOS/c1-18-8-6-13(7-9-18)19-12-4-2-11(3-5-12)10-20(17)14(15)16/h2-5,13H,6-10H2,1H3. The number of hydrogen-bond acceptors (Lipinski definition) is 2. The van der Waals surface area contributed by atoms with Gasteiger partial charge in [-0.3, -0.25) is 0 Å². The molecule has 0 radical (unpaired) electrons. The van der Waals surface area contributed by atoms with E-state index in [0.29, 0.717) is 11.3 Å². The minimum Gasteiger partial charge on any atom is -0.490 e. The first kappa shape index (κ1) is 15.4. The predicted octanol–water partition coefficient (Wildman–Crippen LogP) is 3.84. The van der Waals surface area contributed by atoms with Gasteiger partial charge in [0, 0.05) is 18.8 Å². The summed E-state index contributed by atoms with van der Waals surface area (Å²) < 4.78 is 42.9. The molecule has 112 valence electrons. The number of hydrogen-bond donors (Lipinski definition) is 0. The molecule has 1 heterocycles. The Balaban J connectivity index is 1.90. The van der Waals surface area contributed by atoms with Gasteiger partial charge in [0.05, 0.1) is 10.9 Å². The molecule has 1 aliphatic heterocycles. The minimum absolute atomic E-state index is 0.199. The lowest BCUT2D eigenvalue weighted by molar-refractivity contribution is 0.114. The molecule has 1 aromatic carbocycles. The zero-order chi connectivity index (χ0) is 14.5. The van der Waals surface area contributed by atoms with Gasteiger partial charge in [0.15, 0.2) is 0 Å². The SMILES string of the molecule is CN1CCC(Oc2ccc(CS(F)=C(F)F)cc2)CC1. The van der Waals surface area contributed by atoms with Crippen molar-refractivity contribution in [2.45, 2.75) is 24.7 Å². The average molecular weight is 305 g/mol. The van der Waals surface area contributed by atoms with Crippen molar-refractivity contribution < 1.29 is 17.4 Å². The van der Waals surface area contributed by atoms with Crippen molar-refractivity contribution in [1.29, 1.82) is 0 Å². The molecule has 1 saturated heterocycles. The molecule has 1 atom stereocenters. The van der Waals surface area contributed by atoms with Gasteiger partial charge in [0.2, 0.25) is 0 Å². The van der Waals surface area contributed by atoms with Gasteiger partial charge in [-0.15, -0.1) is 0 Å². The van der Waals surface area contributed by atoms with Crippen molar-refractivity contribution in [2.75, 3.05) is 20.1 Å². The lowest BCUT2D eigenvalue weighted by Gasteiger charge is -2.29. The molecule has 6 heteroatoms. The van der Waals surface area contributed by atoms with E-state index < -0.39 is 16.2 Å². The predicted molar refractivity (Wildman–Crippen MR) is 77.2 cm³/mol. The molecular formula is C14H18F3NOS. The maximum atomic E-state index is 12.9. The van der Waals surface area contributed by atoms with Gasteiger partial charge in [0.25, 0.3) is 0 Å². The summed E-state index contributed by atoms with van der Waals surface area (Å²) in [5.74, 6) is 0.448. The molecule has 0 amide bonds. The number of ether oxygens (including phenoxy) is 1. The molecule has 0 bridgehead atoms. The van der Waals surface area contributed by atoms with Crippen molar-refractivity contribution >= 4 is 16.2 Å². The Kier molecular flexibility index (Phi) is 5.48. The summed E-state index contributed by atoms with van der Waals surface area (Å²) in [5, 5.41) is -2.14. The van der Waals surface area contributed by atoms with Crippen LogP contribution < -0.4 is 4.74 Å². The molecule has 2 rings (SSSR count). The van der Waals surface area contributed by atoms with Crippen LogP contribution in [0.2, 0.25) is 0 Å². The quantitative estimate of drug-likeness (QED) is 0.619. The second kappa shape index (κ2) is 7.13. The topological polar surface area (TPSA) is 12.5 Å². The smallest absolute Gasteiger partial charge is 0.324 e. The van der Waals surface area contributed by atoms with Crippen LogP contribution in [0.3, 0.4) is 0 Å². The van der Waals surface area contributed by atoms with Crippen LogP contribution in [-0.4, -0.2) is 36.5 Å². The van der Waals surface area contributed by atoms with E-state index in [1.807, 2.05) is 0 Å². The normalized spacial score (nSPS) is 18.8. The molecule has 0 aromatic heterocycles. The number of halogens is 3. The fourth-order valence-electron chi connectivity index (χ4n) is 2.16. The van der Waals surface area contributed by atoms with Crippen LogP contribution in [0.15, 0.2) is 24.3 Å². The van der Waals surface area contributed by atoms with Gasteiger partial charge >= 0.3 is 5.37 Å². The van der Waals surface area contributed by atoms with E-state index in [4.69, 9.17) is 4.74 Å². The molecule has 0 aliphatic carbocycles. The highest BCUT2D eigenvalue weighted by Crippen LogP contribution is 2.26. The molecule has 0 saturated carbocycles. The summed E-state index contributed by atoms with van der Waals surface area (Å²) in [6.07, 6.45) is 2.16. The van der Waals surface area contributed by atoms with Crippen LogP contribution in [0.4, 0.5) is 12.7 Å². The first-order valence-corrected chi connectivity index (χ1v) is 7.83. The van der Waals surface area contributed by atoms with Crippen LogP contribution in [0.1, 0.15) is 18.4 Å². The number of rotatable bonds is 4. The van der Waals surface area contributed by atoms with Gasteiger partial charge < -0.3 is 9.64 Å². The minimum atomic E-state index is -2.45. The molecule has 1 fully saturated rings. The van der Waals surface area contributed by atoms with Crippen molar-refractivity contribution in [3.05, 3.63) is 29.8 Å². The van der Waals surface area contributed by atoms with E-state index in [-0.39, 0.29) is 11.9 Å². The van der Waals surface area contributed by atoms with Gasteiger partial charge in [0.1, 0.15) is 11.9 Å². The highest BCUT2D eigenvalue weighted by Gasteiger charge is 2.17. The Labute approximate surface area is 119 Å². The Bertz CT molecular complexity index is 466. The lowest BCUT2D eigenvalue weighted by Crippen LogP contribution is -2.35. The van der Waals surface area contributed by atoms with Gasteiger partial charge in [-0.1, -0.05) is 12.1 Å². The van der Waals surface area contributed by atoms with Crippen molar-refractivity contribution in [3.63, 3.8) is 0 Å². The summed E-state index contributed by atoms with van der Waals surface area (Å²) >= 11 is 0.